The highest BCUT2D eigenvalue weighted by atomic mass is 15.3. The van der Waals surface area contributed by atoms with Crippen LogP contribution in [0.3, 0.4) is 0 Å². The third-order valence-corrected chi connectivity index (χ3v) is 2.50. The van der Waals surface area contributed by atoms with Crippen LogP contribution in [0.5, 0.6) is 0 Å². The summed E-state index contributed by atoms with van der Waals surface area (Å²) in [5, 5.41) is 0. The first-order chi connectivity index (χ1) is 8.17. The Balaban J connectivity index is 2.24. The van der Waals surface area contributed by atoms with E-state index in [1.807, 2.05) is 0 Å². The monoisotopic (exact) mass is 228 g/mol. The lowest BCUT2D eigenvalue weighted by Crippen LogP contribution is -2.10. The molecule has 2 rings (SSSR count). The molecule has 3 N–H and O–H groups in total. The molecule has 1 aromatic heterocycles. The van der Waals surface area contributed by atoms with Crippen molar-refractivity contribution in [2.45, 2.75) is 20.3 Å². The molecule has 88 valence electrons. The number of nitrogens with two attached hydrogens (primary N) is 1. The predicted molar refractivity (Wildman–Crippen MR) is 68.6 cm³/mol. The highest BCUT2D eigenvalue weighted by Gasteiger charge is 2.02. The standard InChI is InChI=1S/C13H16N4/c1-9-5-10(2)7-11(6-9)8-13-15-4-3-12(16-13)17-14/h3-7H,8,14H2,1-2H3,(H,15,16,17). The summed E-state index contributed by atoms with van der Waals surface area (Å²) >= 11 is 0. The number of nitrogen functional groups attached to an aromatic ring is 1. The van der Waals surface area contributed by atoms with Gasteiger partial charge in [-0.1, -0.05) is 29.3 Å². The number of rotatable bonds is 3. The summed E-state index contributed by atoms with van der Waals surface area (Å²) in [4.78, 5) is 8.53. The normalized spacial score (nSPS) is 10.3. The summed E-state index contributed by atoms with van der Waals surface area (Å²) in [7, 11) is 0. The number of nitrogens with one attached hydrogen (secondary N) is 1. The number of hydrazine groups is 1. The molecule has 1 heterocycles. The van der Waals surface area contributed by atoms with Crippen LogP contribution in [-0.2, 0) is 6.42 Å². The number of aryl methyl sites for hydroxylation is 2. The van der Waals surface area contributed by atoms with E-state index in [9.17, 15) is 0 Å². The number of anilines is 1. The van der Waals surface area contributed by atoms with Crippen molar-refractivity contribution >= 4 is 5.82 Å². The van der Waals surface area contributed by atoms with Gasteiger partial charge in [-0.15, -0.1) is 0 Å². The van der Waals surface area contributed by atoms with Crippen LogP contribution in [0.2, 0.25) is 0 Å². The number of aromatic nitrogens is 2. The third kappa shape index (κ3) is 3.01. The molecule has 4 nitrogen and oxygen atoms in total. The molecule has 0 bridgehead atoms. The molecule has 0 saturated heterocycles. The van der Waals surface area contributed by atoms with Crippen LogP contribution >= 0.6 is 0 Å². The molecule has 4 heteroatoms. The fraction of sp³-hybridized carbons (Fsp3) is 0.231. The van der Waals surface area contributed by atoms with E-state index in [1.54, 1.807) is 12.3 Å². The maximum absolute atomic E-state index is 5.32. The second-order valence-corrected chi connectivity index (χ2v) is 4.18. The van der Waals surface area contributed by atoms with Crippen molar-refractivity contribution in [2.75, 3.05) is 5.43 Å². The van der Waals surface area contributed by atoms with Gasteiger partial charge in [0, 0.05) is 18.7 Å². The number of hydrogen-bond donors (Lipinski definition) is 2. The molecule has 1 aromatic carbocycles. The summed E-state index contributed by atoms with van der Waals surface area (Å²) in [6.45, 7) is 4.18. The van der Waals surface area contributed by atoms with Crippen LogP contribution in [-0.4, -0.2) is 9.97 Å². The molecule has 0 atom stereocenters. The van der Waals surface area contributed by atoms with Gasteiger partial charge in [-0.05, 0) is 19.4 Å². The Morgan fingerprint density at radius 2 is 1.88 bits per heavy atom. The quantitative estimate of drug-likeness (QED) is 0.622. The van der Waals surface area contributed by atoms with Gasteiger partial charge in [-0.3, -0.25) is 0 Å². The molecule has 0 saturated carbocycles. The molecular formula is C13H16N4. The smallest absolute Gasteiger partial charge is 0.143 e. The zero-order valence-electron chi connectivity index (χ0n) is 10.1. The molecule has 17 heavy (non-hydrogen) atoms. The largest absolute Gasteiger partial charge is 0.308 e. The van der Waals surface area contributed by atoms with Crippen molar-refractivity contribution < 1.29 is 0 Å². The zero-order valence-corrected chi connectivity index (χ0v) is 10.1. The Labute approximate surface area is 101 Å². The lowest BCUT2D eigenvalue weighted by molar-refractivity contribution is 0.962. The Hall–Kier alpha value is -1.94. The molecular weight excluding hydrogens is 212 g/mol. The van der Waals surface area contributed by atoms with E-state index in [1.165, 1.54) is 16.7 Å². The highest BCUT2D eigenvalue weighted by molar-refractivity contribution is 5.33. The molecule has 0 amide bonds. The Morgan fingerprint density at radius 3 is 2.53 bits per heavy atom. The third-order valence-electron chi connectivity index (χ3n) is 2.50. The fourth-order valence-electron chi connectivity index (χ4n) is 1.92. The van der Waals surface area contributed by atoms with E-state index in [4.69, 9.17) is 5.84 Å². The van der Waals surface area contributed by atoms with Gasteiger partial charge in [0.2, 0.25) is 0 Å². The number of hydrogen-bond acceptors (Lipinski definition) is 4. The summed E-state index contributed by atoms with van der Waals surface area (Å²) < 4.78 is 0. The zero-order chi connectivity index (χ0) is 12.3. The van der Waals surface area contributed by atoms with Gasteiger partial charge in [0.25, 0.3) is 0 Å². The minimum absolute atomic E-state index is 0.638. The lowest BCUT2D eigenvalue weighted by Gasteiger charge is -2.05. The van der Waals surface area contributed by atoms with Crippen molar-refractivity contribution in [3.8, 4) is 0 Å². The van der Waals surface area contributed by atoms with Crippen molar-refractivity contribution in [1.82, 2.24) is 9.97 Å². The minimum atomic E-state index is 0.638. The average Bonchev–Trinajstić information content (AvgIpc) is 2.28. The first-order valence-electron chi connectivity index (χ1n) is 5.53. The molecule has 0 aliphatic heterocycles. The van der Waals surface area contributed by atoms with E-state index in [-0.39, 0.29) is 0 Å². The first-order valence-corrected chi connectivity index (χ1v) is 5.53. The van der Waals surface area contributed by atoms with Crippen molar-refractivity contribution in [1.29, 1.82) is 0 Å². The van der Waals surface area contributed by atoms with Crippen LogP contribution in [0.1, 0.15) is 22.5 Å². The Kier molecular flexibility index (Phi) is 3.35. The Morgan fingerprint density at radius 1 is 1.18 bits per heavy atom. The first kappa shape index (κ1) is 11.5. The summed E-state index contributed by atoms with van der Waals surface area (Å²) in [5.74, 6) is 6.73. The molecule has 2 aromatic rings. The fourth-order valence-corrected chi connectivity index (χ4v) is 1.92. The van der Waals surface area contributed by atoms with Crippen LogP contribution in [0.15, 0.2) is 30.5 Å². The second kappa shape index (κ2) is 4.93. The second-order valence-electron chi connectivity index (χ2n) is 4.18. The van der Waals surface area contributed by atoms with E-state index in [0.29, 0.717) is 5.82 Å². The minimum Gasteiger partial charge on any atom is -0.308 e. The van der Waals surface area contributed by atoms with Gasteiger partial charge in [0.05, 0.1) is 0 Å². The summed E-state index contributed by atoms with van der Waals surface area (Å²) in [5.41, 5.74) is 6.26. The predicted octanol–water partition coefficient (Wildman–Crippen LogP) is 1.97. The van der Waals surface area contributed by atoms with Gasteiger partial charge in [0.15, 0.2) is 0 Å². The molecule has 0 radical (unpaired) electrons. The topological polar surface area (TPSA) is 63.8 Å². The molecule has 0 aliphatic carbocycles. The van der Waals surface area contributed by atoms with E-state index >= 15 is 0 Å². The van der Waals surface area contributed by atoms with Crippen LogP contribution in [0.25, 0.3) is 0 Å². The summed E-state index contributed by atoms with van der Waals surface area (Å²) in [6.07, 6.45) is 2.43. The maximum Gasteiger partial charge on any atom is 0.143 e. The van der Waals surface area contributed by atoms with Gasteiger partial charge in [0.1, 0.15) is 11.6 Å². The molecule has 0 spiro atoms. The van der Waals surface area contributed by atoms with Gasteiger partial charge < -0.3 is 5.43 Å². The van der Waals surface area contributed by atoms with E-state index < -0.39 is 0 Å². The van der Waals surface area contributed by atoms with E-state index in [0.717, 1.165) is 12.2 Å². The van der Waals surface area contributed by atoms with Gasteiger partial charge in [-0.25, -0.2) is 15.8 Å². The van der Waals surface area contributed by atoms with Gasteiger partial charge in [-0.2, -0.15) is 0 Å². The molecule has 0 fully saturated rings. The average molecular weight is 228 g/mol. The van der Waals surface area contributed by atoms with Crippen LogP contribution < -0.4 is 11.3 Å². The highest BCUT2D eigenvalue weighted by Crippen LogP contribution is 2.12. The SMILES string of the molecule is Cc1cc(C)cc(Cc2nccc(NN)n2)c1. The van der Waals surface area contributed by atoms with Crippen molar-refractivity contribution in [3.05, 3.63) is 53.0 Å². The van der Waals surface area contributed by atoms with E-state index in [2.05, 4.69) is 47.4 Å². The maximum atomic E-state index is 5.32. The van der Waals surface area contributed by atoms with Crippen molar-refractivity contribution in [2.24, 2.45) is 5.84 Å². The number of nitrogens with zero attached hydrogens (tertiary/aromatic N) is 2. The van der Waals surface area contributed by atoms with Crippen LogP contribution in [0.4, 0.5) is 5.82 Å². The lowest BCUT2D eigenvalue weighted by atomic mass is 10.0. The van der Waals surface area contributed by atoms with Crippen molar-refractivity contribution in [3.63, 3.8) is 0 Å². The Bertz CT molecular complexity index is 502. The van der Waals surface area contributed by atoms with Crippen LogP contribution in [0, 0.1) is 13.8 Å². The molecule has 0 aliphatic rings. The number of benzene rings is 1. The van der Waals surface area contributed by atoms with Gasteiger partial charge >= 0.3 is 0 Å². The molecule has 0 unspecified atom stereocenters. The summed E-state index contributed by atoms with van der Waals surface area (Å²) in [6, 6.07) is 8.20.